The van der Waals surface area contributed by atoms with E-state index in [1.54, 1.807) is 5.51 Å². The normalized spacial score (nSPS) is 13.7. The summed E-state index contributed by atoms with van der Waals surface area (Å²) in [5.41, 5.74) is 5.42. The van der Waals surface area contributed by atoms with Crippen molar-refractivity contribution < 1.29 is 4.55 Å². The molecule has 0 aliphatic rings. The third-order valence-corrected chi connectivity index (χ3v) is 5.85. The molecule has 0 aliphatic heterocycles. The maximum atomic E-state index is 12.6. The maximum absolute atomic E-state index is 12.6. The van der Waals surface area contributed by atoms with E-state index in [0.29, 0.717) is 5.71 Å². The van der Waals surface area contributed by atoms with Crippen molar-refractivity contribution in [2.75, 3.05) is 18.0 Å². The molecular formula is C20H29N3OS2. The Bertz CT molecular complexity index is 685. The van der Waals surface area contributed by atoms with E-state index in [9.17, 15) is 4.55 Å². The van der Waals surface area contributed by atoms with Crippen LogP contribution in [0.4, 0.5) is 5.69 Å². The summed E-state index contributed by atoms with van der Waals surface area (Å²) >= 11 is 0.189. The number of nitrogens with zero attached hydrogens (tertiary/aromatic N) is 3. The first-order valence-corrected chi connectivity index (χ1v) is 11.2. The molecule has 142 valence electrons. The first-order valence-electron chi connectivity index (χ1n) is 9.11. The van der Waals surface area contributed by atoms with Gasteiger partial charge >= 0.3 is 0 Å². The molecule has 4 nitrogen and oxygen atoms in total. The minimum atomic E-state index is -1.33. The minimum Gasteiger partial charge on any atom is -0.591 e. The number of anilines is 1. The zero-order valence-electron chi connectivity index (χ0n) is 16.4. The van der Waals surface area contributed by atoms with Gasteiger partial charge in [0, 0.05) is 29.7 Å². The molecule has 0 aliphatic carbocycles. The van der Waals surface area contributed by atoms with Crippen molar-refractivity contribution >= 4 is 34.1 Å². The monoisotopic (exact) mass is 391 g/mol. The van der Waals surface area contributed by atoms with Crippen molar-refractivity contribution in [3.8, 4) is 0 Å². The Labute approximate surface area is 164 Å². The van der Waals surface area contributed by atoms with Gasteiger partial charge in [-0.25, -0.2) is 4.98 Å². The average Bonchev–Trinajstić information content (AvgIpc) is 3.13. The molecule has 1 atom stereocenters. The van der Waals surface area contributed by atoms with Crippen LogP contribution in [0.2, 0.25) is 0 Å². The second kappa shape index (κ2) is 9.53. The summed E-state index contributed by atoms with van der Waals surface area (Å²) in [6.45, 7) is 12.3. The number of rotatable bonds is 8. The summed E-state index contributed by atoms with van der Waals surface area (Å²) in [6, 6.07) is 8.38. The Hall–Kier alpha value is -1.37. The Kier molecular flexibility index (Phi) is 7.68. The van der Waals surface area contributed by atoms with E-state index in [4.69, 9.17) is 0 Å². The van der Waals surface area contributed by atoms with Gasteiger partial charge in [0.2, 0.25) is 0 Å². The topological polar surface area (TPSA) is 51.5 Å². The fraction of sp³-hybridized carbons (Fsp3) is 0.500. The zero-order chi connectivity index (χ0) is 19.2. The Morgan fingerprint density at radius 3 is 2.23 bits per heavy atom. The van der Waals surface area contributed by atoms with E-state index >= 15 is 0 Å². The van der Waals surface area contributed by atoms with Gasteiger partial charge in [0.1, 0.15) is 27.5 Å². The molecule has 0 bridgehead atoms. The van der Waals surface area contributed by atoms with E-state index in [1.165, 1.54) is 17.0 Å². The molecule has 0 amide bonds. The van der Waals surface area contributed by atoms with E-state index in [1.807, 2.05) is 26.2 Å². The predicted molar refractivity (Wildman–Crippen MR) is 115 cm³/mol. The van der Waals surface area contributed by atoms with Crippen molar-refractivity contribution in [2.24, 2.45) is 4.40 Å². The summed E-state index contributed by atoms with van der Waals surface area (Å²) in [5.74, 6) is 0. The van der Waals surface area contributed by atoms with Gasteiger partial charge in [-0.3, -0.25) is 0 Å². The molecule has 1 aromatic heterocycles. The molecule has 26 heavy (non-hydrogen) atoms. The van der Waals surface area contributed by atoms with Crippen LogP contribution in [0.1, 0.15) is 58.7 Å². The maximum Gasteiger partial charge on any atom is 0.148 e. The van der Waals surface area contributed by atoms with E-state index in [2.05, 4.69) is 52.4 Å². The van der Waals surface area contributed by atoms with E-state index in [-0.39, 0.29) is 0 Å². The molecule has 1 heterocycles. The Morgan fingerprint density at radius 1 is 1.15 bits per heavy atom. The average molecular weight is 392 g/mol. The lowest BCUT2D eigenvalue weighted by molar-refractivity contribution is 0.561. The van der Waals surface area contributed by atoms with Crippen LogP contribution in [0.25, 0.3) is 0 Å². The van der Waals surface area contributed by atoms with Crippen LogP contribution in [0.5, 0.6) is 0 Å². The standard InChI is InChI=1S/C20H29N3OS2/c1-6-12-23(13-7-2)17-10-8-16(9-11-17)19(18-14-25-15-21-18)22-26(24)20(3,4)5/h8-11,14-15H,6-7,12-13H2,1-5H3. The van der Waals surface area contributed by atoms with Crippen molar-refractivity contribution in [3.63, 3.8) is 0 Å². The SMILES string of the molecule is CCCN(CCC)c1ccc(C(=N[S+]([O-])C(C)(C)C)c2cscn2)cc1. The molecule has 2 rings (SSSR count). The molecular weight excluding hydrogens is 362 g/mol. The van der Waals surface area contributed by atoms with E-state index in [0.717, 1.165) is 37.2 Å². The minimum absolute atomic E-state index is 0.403. The van der Waals surface area contributed by atoms with Gasteiger partial charge < -0.3 is 9.45 Å². The molecule has 1 aromatic carbocycles. The lowest BCUT2D eigenvalue weighted by atomic mass is 10.1. The lowest BCUT2D eigenvalue weighted by Crippen LogP contribution is -2.27. The van der Waals surface area contributed by atoms with E-state index < -0.39 is 16.1 Å². The van der Waals surface area contributed by atoms with Crippen molar-refractivity contribution in [1.82, 2.24) is 4.98 Å². The molecule has 0 saturated carbocycles. The summed E-state index contributed by atoms with van der Waals surface area (Å²) in [6.07, 6.45) is 2.25. The van der Waals surface area contributed by atoms with Crippen LogP contribution in [-0.2, 0) is 11.4 Å². The number of hydrogen-bond acceptors (Lipinski definition) is 5. The first-order chi connectivity index (χ1) is 12.4. The van der Waals surface area contributed by atoms with Gasteiger partial charge in [0.25, 0.3) is 0 Å². The van der Waals surface area contributed by atoms with Gasteiger partial charge in [0.15, 0.2) is 0 Å². The molecule has 0 spiro atoms. The summed E-state index contributed by atoms with van der Waals surface area (Å²) in [5, 5.41) is 1.95. The summed E-state index contributed by atoms with van der Waals surface area (Å²) in [4.78, 5) is 6.79. The number of benzene rings is 1. The highest BCUT2D eigenvalue weighted by molar-refractivity contribution is 7.91. The highest BCUT2D eigenvalue weighted by Gasteiger charge is 2.28. The number of thiazole rings is 1. The Morgan fingerprint density at radius 2 is 1.77 bits per heavy atom. The van der Waals surface area contributed by atoms with Gasteiger partial charge in [-0.1, -0.05) is 30.4 Å². The third kappa shape index (κ3) is 5.56. The van der Waals surface area contributed by atoms with Gasteiger partial charge in [0.05, 0.1) is 5.51 Å². The first kappa shape index (κ1) is 20.9. The zero-order valence-corrected chi connectivity index (χ0v) is 18.0. The van der Waals surface area contributed by atoms with Crippen LogP contribution in [0.15, 0.2) is 39.6 Å². The fourth-order valence-electron chi connectivity index (χ4n) is 2.54. The van der Waals surface area contributed by atoms with Crippen LogP contribution >= 0.6 is 11.3 Å². The van der Waals surface area contributed by atoms with Crippen molar-refractivity contribution in [3.05, 3.63) is 46.4 Å². The molecule has 0 radical (unpaired) electrons. The summed E-state index contributed by atoms with van der Waals surface area (Å²) in [7, 11) is 0. The van der Waals surface area contributed by atoms with Gasteiger partial charge in [-0.15, -0.1) is 11.3 Å². The Balaban J connectivity index is 2.36. The van der Waals surface area contributed by atoms with Crippen molar-refractivity contribution in [2.45, 2.75) is 52.2 Å². The van der Waals surface area contributed by atoms with Crippen LogP contribution in [0, 0.1) is 0 Å². The smallest absolute Gasteiger partial charge is 0.148 e. The van der Waals surface area contributed by atoms with Crippen molar-refractivity contribution in [1.29, 1.82) is 0 Å². The third-order valence-electron chi connectivity index (χ3n) is 3.87. The number of aromatic nitrogens is 1. The fourth-order valence-corrected chi connectivity index (χ4v) is 3.71. The quantitative estimate of drug-likeness (QED) is 0.466. The molecule has 6 heteroatoms. The predicted octanol–water partition coefficient (Wildman–Crippen LogP) is 5.07. The highest BCUT2D eigenvalue weighted by Crippen LogP contribution is 2.23. The molecule has 2 aromatic rings. The van der Waals surface area contributed by atoms with Gasteiger partial charge in [-0.2, -0.15) is 0 Å². The lowest BCUT2D eigenvalue weighted by Gasteiger charge is -2.24. The summed E-state index contributed by atoms with van der Waals surface area (Å²) < 4.78 is 16.7. The van der Waals surface area contributed by atoms with Crippen LogP contribution in [0.3, 0.4) is 0 Å². The molecule has 1 unspecified atom stereocenters. The largest absolute Gasteiger partial charge is 0.591 e. The second-order valence-corrected chi connectivity index (χ2v) is 9.83. The highest BCUT2D eigenvalue weighted by atomic mass is 32.2. The van der Waals surface area contributed by atoms with Crippen LogP contribution < -0.4 is 4.90 Å². The van der Waals surface area contributed by atoms with Crippen LogP contribution in [-0.4, -0.2) is 33.1 Å². The molecule has 0 N–H and O–H groups in total. The second-order valence-electron chi connectivity index (χ2n) is 7.21. The van der Waals surface area contributed by atoms with Gasteiger partial charge in [-0.05, 0) is 45.7 Å². The molecule has 0 fully saturated rings. The molecule has 0 saturated heterocycles. The number of hydrogen-bond donors (Lipinski definition) is 0.